The molecule has 1 unspecified atom stereocenters. The molecule has 7 heteroatoms. The Bertz CT molecular complexity index is 749. The molecule has 0 radical (unpaired) electrons. The number of nitrogens with zero attached hydrogens (tertiary/aromatic N) is 1. The molecule has 2 aromatic rings. The number of anilines is 1. The average molecular weight is 342 g/mol. The summed E-state index contributed by atoms with van der Waals surface area (Å²) in [6, 6.07) is 4.02. The first-order valence-electron chi connectivity index (χ1n) is 7.28. The number of benzene rings is 1. The van der Waals surface area contributed by atoms with Crippen LogP contribution in [0.4, 0.5) is 19.0 Å². The van der Waals surface area contributed by atoms with Crippen LogP contribution in [0.1, 0.15) is 42.4 Å². The molecular formula is C16H15ClF3N3. The minimum absolute atomic E-state index is 0.258. The molecule has 2 heterocycles. The molecule has 3 nitrogen and oxygen atoms in total. The molecular weight excluding hydrogens is 327 g/mol. The highest BCUT2D eigenvalue weighted by Crippen LogP contribution is 2.43. The number of rotatable bonds is 3. The molecule has 3 rings (SSSR count). The monoisotopic (exact) mass is 341 g/mol. The number of fused-ring (bicyclic) bond motifs is 1. The second-order valence-corrected chi connectivity index (χ2v) is 5.83. The van der Waals surface area contributed by atoms with E-state index in [9.17, 15) is 13.2 Å². The highest BCUT2D eigenvalue weighted by atomic mass is 35.5. The molecule has 2 N–H and O–H groups in total. The van der Waals surface area contributed by atoms with Gasteiger partial charge in [-0.15, -0.1) is 0 Å². The molecule has 0 bridgehead atoms. The standard InChI is InChI=1S/C16H15ClF3N3/c1-2-4-9-7-11(12-8-21-23-15(12)22-9)10-5-3-6-13(14(10)17)16(18,19)20/h3,5-8,11H,2,4H2,1H3,(H2,21,22,23). The zero-order valence-corrected chi connectivity index (χ0v) is 13.1. The van der Waals surface area contributed by atoms with Crippen LogP contribution in [-0.2, 0) is 6.18 Å². The van der Waals surface area contributed by atoms with Crippen molar-refractivity contribution >= 4 is 17.4 Å². The van der Waals surface area contributed by atoms with E-state index in [0.717, 1.165) is 30.2 Å². The Hall–Kier alpha value is -1.95. The minimum atomic E-state index is -4.48. The molecule has 0 saturated carbocycles. The fraction of sp³-hybridized carbons (Fsp3) is 0.312. The van der Waals surface area contributed by atoms with E-state index in [-0.39, 0.29) is 10.9 Å². The molecule has 122 valence electrons. The summed E-state index contributed by atoms with van der Waals surface area (Å²) in [6.45, 7) is 2.04. The predicted octanol–water partition coefficient (Wildman–Crippen LogP) is 5.32. The number of nitrogens with one attached hydrogen (secondary N) is 2. The summed E-state index contributed by atoms with van der Waals surface area (Å²) in [5.74, 6) is 0.343. The molecule has 0 aliphatic carbocycles. The Balaban J connectivity index is 2.11. The van der Waals surface area contributed by atoms with Crippen molar-refractivity contribution in [3.63, 3.8) is 0 Å². The first-order valence-corrected chi connectivity index (χ1v) is 7.66. The van der Waals surface area contributed by atoms with E-state index in [0.29, 0.717) is 11.4 Å². The van der Waals surface area contributed by atoms with Gasteiger partial charge in [0.25, 0.3) is 0 Å². The normalized spacial score (nSPS) is 17.4. The van der Waals surface area contributed by atoms with Gasteiger partial charge in [0.2, 0.25) is 0 Å². The fourth-order valence-electron chi connectivity index (χ4n) is 2.81. The molecule has 1 aliphatic rings. The Morgan fingerprint density at radius 3 is 2.74 bits per heavy atom. The van der Waals surface area contributed by atoms with Gasteiger partial charge >= 0.3 is 6.18 Å². The maximum Gasteiger partial charge on any atom is 0.417 e. The van der Waals surface area contributed by atoms with Gasteiger partial charge in [0.1, 0.15) is 5.82 Å². The van der Waals surface area contributed by atoms with Crippen molar-refractivity contribution in [3.05, 3.63) is 57.9 Å². The first-order chi connectivity index (χ1) is 10.9. The number of hydrogen-bond acceptors (Lipinski definition) is 2. The molecule has 23 heavy (non-hydrogen) atoms. The lowest BCUT2D eigenvalue weighted by atomic mass is 9.88. The summed E-state index contributed by atoms with van der Waals surface area (Å²) < 4.78 is 39.3. The summed E-state index contributed by atoms with van der Waals surface area (Å²) in [7, 11) is 0. The number of halogens is 4. The Morgan fingerprint density at radius 2 is 2.04 bits per heavy atom. The van der Waals surface area contributed by atoms with E-state index in [1.807, 2.05) is 13.0 Å². The minimum Gasteiger partial charge on any atom is -0.344 e. The van der Waals surface area contributed by atoms with Gasteiger partial charge in [-0.05, 0) is 18.1 Å². The molecule has 1 aromatic carbocycles. The van der Waals surface area contributed by atoms with Crippen LogP contribution in [0, 0.1) is 0 Å². The first kappa shape index (κ1) is 15.9. The van der Waals surface area contributed by atoms with Gasteiger partial charge in [0.05, 0.1) is 16.8 Å². The summed E-state index contributed by atoms with van der Waals surface area (Å²) in [4.78, 5) is 0. The molecule has 1 aromatic heterocycles. The van der Waals surface area contributed by atoms with Crippen molar-refractivity contribution in [2.75, 3.05) is 5.32 Å². The molecule has 0 saturated heterocycles. The second kappa shape index (κ2) is 5.92. The third-order valence-electron chi connectivity index (χ3n) is 3.85. The van der Waals surface area contributed by atoms with E-state index in [2.05, 4.69) is 15.5 Å². The summed E-state index contributed by atoms with van der Waals surface area (Å²) in [6.07, 6.45) is 0.775. The fourth-order valence-corrected chi connectivity index (χ4v) is 3.16. The third kappa shape index (κ3) is 2.95. The van der Waals surface area contributed by atoms with Crippen molar-refractivity contribution < 1.29 is 13.2 Å². The molecule has 0 spiro atoms. The number of aromatic nitrogens is 2. The second-order valence-electron chi connectivity index (χ2n) is 5.45. The molecule has 1 atom stereocenters. The van der Waals surface area contributed by atoms with Crippen LogP contribution in [0.5, 0.6) is 0 Å². The van der Waals surface area contributed by atoms with E-state index >= 15 is 0 Å². The average Bonchev–Trinajstić information content (AvgIpc) is 2.94. The summed E-state index contributed by atoms with van der Waals surface area (Å²) in [5, 5.41) is 9.79. The van der Waals surface area contributed by atoms with Crippen molar-refractivity contribution in [2.45, 2.75) is 31.9 Å². The van der Waals surface area contributed by atoms with Crippen LogP contribution < -0.4 is 5.32 Å². The lowest BCUT2D eigenvalue weighted by molar-refractivity contribution is -0.137. The van der Waals surface area contributed by atoms with Gasteiger partial charge < -0.3 is 5.32 Å². The Morgan fingerprint density at radius 1 is 1.26 bits per heavy atom. The van der Waals surface area contributed by atoms with Crippen LogP contribution in [-0.4, -0.2) is 10.2 Å². The quantitative estimate of drug-likeness (QED) is 0.792. The molecule has 0 fully saturated rings. The lowest BCUT2D eigenvalue weighted by Crippen LogP contribution is -2.14. The van der Waals surface area contributed by atoms with Crippen LogP contribution in [0.3, 0.4) is 0 Å². The van der Waals surface area contributed by atoms with Gasteiger partial charge in [-0.1, -0.05) is 43.2 Å². The maximum absolute atomic E-state index is 13.1. The van der Waals surface area contributed by atoms with Crippen LogP contribution in [0.15, 0.2) is 36.2 Å². The third-order valence-corrected chi connectivity index (χ3v) is 4.27. The van der Waals surface area contributed by atoms with E-state index in [1.165, 1.54) is 6.07 Å². The van der Waals surface area contributed by atoms with Crippen molar-refractivity contribution in [3.8, 4) is 0 Å². The van der Waals surface area contributed by atoms with E-state index < -0.39 is 11.7 Å². The smallest absolute Gasteiger partial charge is 0.344 e. The summed E-state index contributed by atoms with van der Waals surface area (Å²) in [5.41, 5.74) is 1.35. The van der Waals surface area contributed by atoms with Gasteiger partial charge in [0, 0.05) is 17.2 Å². The van der Waals surface area contributed by atoms with Crippen molar-refractivity contribution in [2.24, 2.45) is 0 Å². The van der Waals surface area contributed by atoms with Gasteiger partial charge in [-0.25, -0.2) is 0 Å². The zero-order chi connectivity index (χ0) is 16.6. The number of allylic oxidation sites excluding steroid dienone is 2. The van der Waals surface area contributed by atoms with Crippen molar-refractivity contribution in [1.29, 1.82) is 0 Å². The maximum atomic E-state index is 13.1. The lowest BCUT2D eigenvalue weighted by Gasteiger charge is -2.24. The van der Waals surface area contributed by atoms with Crippen LogP contribution in [0.2, 0.25) is 5.02 Å². The highest BCUT2D eigenvalue weighted by molar-refractivity contribution is 6.32. The van der Waals surface area contributed by atoms with Gasteiger partial charge in [-0.3, -0.25) is 5.10 Å². The van der Waals surface area contributed by atoms with E-state index in [1.54, 1.807) is 12.3 Å². The molecule has 0 amide bonds. The van der Waals surface area contributed by atoms with Gasteiger partial charge in [-0.2, -0.15) is 18.3 Å². The van der Waals surface area contributed by atoms with Crippen LogP contribution >= 0.6 is 11.6 Å². The number of H-pyrrole nitrogens is 1. The van der Waals surface area contributed by atoms with E-state index in [4.69, 9.17) is 11.6 Å². The number of hydrogen-bond donors (Lipinski definition) is 2. The van der Waals surface area contributed by atoms with Gasteiger partial charge in [0.15, 0.2) is 0 Å². The largest absolute Gasteiger partial charge is 0.417 e. The van der Waals surface area contributed by atoms with Crippen LogP contribution in [0.25, 0.3) is 0 Å². The van der Waals surface area contributed by atoms with Crippen molar-refractivity contribution in [1.82, 2.24) is 10.2 Å². The Labute approximate surface area is 136 Å². The highest BCUT2D eigenvalue weighted by Gasteiger charge is 2.35. The SMILES string of the molecule is CCCC1=CC(c2cccc(C(F)(F)F)c2Cl)c2cn[nH]c2N1. The molecule has 1 aliphatic heterocycles. The topological polar surface area (TPSA) is 40.7 Å². The summed E-state index contributed by atoms with van der Waals surface area (Å²) >= 11 is 6.08. The number of alkyl halides is 3. The predicted molar refractivity (Wildman–Crippen MR) is 83.5 cm³/mol. The Kier molecular flexibility index (Phi) is 4.10. The number of aromatic amines is 1. The zero-order valence-electron chi connectivity index (χ0n) is 12.3.